The van der Waals surface area contributed by atoms with Gasteiger partial charge in [0.05, 0.1) is 11.3 Å². The van der Waals surface area contributed by atoms with E-state index >= 15 is 0 Å². The first-order valence-corrected chi connectivity index (χ1v) is 11.5. The van der Waals surface area contributed by atoms with Crippen molar-refractivity contribution in [2.24, 2.45) is 11.7 Å². The zero-order valence-corrected chi connectivity index (χ0v) is 19.9. The van der Waals surface area contributed by atoms with Crippen molar-refractivity contribution in [1.29, 1.82) is 0 Å². The maximum atomic E-state index is 13.6. The molecule has 1 atom stereocenters. The molecule has 3 amide bonds. The number of primary amides is 1. The number of anilines is 2. The highest BCUT2D eigenvalue weighted by atomic mass is 32.1. The lowest BCUT2D eigenvalue weighted by molar-refractivity contribution is -0.137. The lowest BCUT2D eigenvalue weighted by Gasteiger charge is -2.31. The molecule has 2 aromatic rings. The molecule has 0 radical (unpaired) electrons. The van der Waals surface area contributed by atoms with Crippen LogP contribution in [0.4, 0.5) is 24.5 Å². The Morgan fingerprint density at radius 2 is 1.88 bits per heavy atom. The molecule has 186 valence electrons. The third-order valence-electron chi connectivity index (χ3n) is 5.02. The number of aromatic nitrogens is 1. The van der Waals surface area contributed by atoms with Gasteiger partial charge >= 0.3 is 6.18 Å². The van der Waals surface area contributed by atoms with E-state index in [2.05, 4.69) is 9.69 Å². The van der Waals surface area contributed by atoms with E-state index in [1.165, 1.54) is 6.07 Å². The summed E-state index contributed by atoms with van der Waals surface area (Å²) in [6.45, 7) is 6.10. The van der Waals surface area contributed by atoms with Crippen LogP contribution in [0.2, 0.25) is 0 Å². The average molecular weight is 500 g/mol. The number of carbonyl (C=O) groups excluding carboxylic acids is 3. The van der Waals surface area contributed by atoms with Crippen LogP contribution in [0.3, 0.4) is 0 Å². The molecule has 0 aliphatic carbocycles. The molecular formula is C22H28F3N5O3S. The number of amides is 3. The second-order valence-electron chi connectivity index (χ2n) is 8.14. The van der Waals surface area contributed by atoms with Gasteiger partial charge in [0.15, 0.2) is 5.69 Å². The van der Waals surface area contributed by atoms with Crippen LogP contribution in [0.1, 0.15) is 65.8 Å². The number of halogens is 3. The molecule has 2 rings (SSSR count). The molecule has 0 saturated heterocycles. The number of rotatable bonds is 10. The van der Waals surface area contributed by atoms with E-state index in [0.717, 1.165) is 23.1 Å². The molecule has 0 saturated carbocycles. The van der Waals surface area contributed by atoms with E-state index in [9.17, 15) is 27.6 Å². The Hall–Kier alpha value is -3.15. The molecule has 34 heavy (non-hydrogen) atoms. The van der Waals surface area contributed by atoms with E-state index in [-0.39, 0.29) is 28.4 Å². The third kappa shape index (κ3) is 6.46. The van der Waals surface area contributed by atoms with Crippen LogP contribution in [0, 0.1) is 5.92 Å². The molecule has 0 aliphatic rings. The van der Waals surface area contributed by atoms with E-state index in [4.69, 9.17) is 11.5 Å². The van der Waals surface area contributed by atoms with E-state index in [0.29, 0.717) is 36.8 Å². The fraction of sp³-hybridized carbons (Fsp3) is 0.455. The second kappa shape index (κ2) is 11.3. The lowest BCUT2D eigenvalue weighted by atomic mass is 10.1. The number of nitrogens with zero attached hydrogens (tertiary/aromatic N) is 2. The summed E-state index contributed by atoms with van der Waals surface area (Å²) in [6, 6.07) is 3.02. The standard InChI is InChI=1S/C22H28F3N5O3S/c1-4-6-15(20(32)28-10-9-12(2)3)30(14-8-5-7-13(11-14)22(23,24)25)21(33)18-16(26)17(19(27)31)29-34-18/h5,7-8,11-12,15H,4,6,9-10,26H2,1-3H3,(H2,27,31)(H,28,32). The predicted molar refractivity (Wildman–Crippen MR) is 124 cm³/mol. The van der Waals surface area contributed by atoms with Gasteiger partial charge in [0.2, 0.25) is 5.91 Å². The summed E-state index contributed by atoms with van der Waals surface area (Å²) in [6.07, 6.45) is -3.33. The number of alkyl halides is 3. The van der Waals surface area contributed by atoms with Crippen LogP contribution in [-0.4, -0.2) is 34.7 Å². The lowest BCUT2D eigenvalue weighted by Crippen LogP contribution is -2.50. The Labute approximate surface area is 199 Å². The van der Waals surface area contributed by atoms with E-state index < -0.39 is 35.5 Å². The zero-order valence-electron chi connectivity index (χ0n) is 19.1. The largest absolute Gasteiger partial charge is 0.416 e. The van der Waals surface area contributed by atoms with Gasteiger partial charge < -0.3 is 16.8 Å². The maximum Gasteiger partial charge on any atom is 0.416 e. The van der Waals surface area contributed by atoms with Crippen molar-refractivity contribution in [3.8, 4) is 0 Å². The van der Waals surface area contributed by atoms with E-state index in [1.54, 1.807) is 6.92 Å². The first-order valence-electron chi connectivity index (χ1n) is 10.7. The molecule has 0 spiro atoms. The Bertz CT molecular complexity index is 1040. The Morgan fingerprint density at radius 1 is 1.21 bits per heavy atom. The van der Waals surface area contributed by atoms with Crippen molar-refractivity contribution < 1.29 is 27.6 Å². The summed E-state index contributed by atoms with van der Waals surface area (Å²) < 4.78 is 44.0. The minimum Gasteiger partial charge on any atom is -0.395 e. The SMILES string of the molecule is CCCC(C(=O)NCCC(C)C)N(C(=O)c1snc(C(N)=O)c1N)c1cccc(C(F)(F)F)c1. The molecule has 8 nitrogen and oxygen atoms in total. The molecule has 1 heterocycles. The smallest absolute Gasteiger partial charge is 0.395 e. The number of nitrogens with two attached hydrogens (primary N) is 2. The summed E-state index contributed by atoms with van der Waals surface area (Å²) in [5, 5.41) is 2.77. The minimum atomic E-state index is -4.66. The third-order valence-corrected chi connectivity index (χ3v) is 5.87. The van der Waals surface area contributed by atoms with Gasteiger partial charge in [0.1, 0.15) is 10.9 Å². The van der Waals surface area contributed by atoms with Gasteiger partial charge in [0, 0.05) is 12.2 Å². The highest BCUT2D eigenvalue weighted by Gasteiger charge is 2.36. The van der Waals surface area contributed by atoms with Gasteiger partial charge in [-0.1, -0.05) is 33.3 Å². The highest BCUT2D eigenvalue weighted by Crippen LogP contribution is 2.34. The first-order chi connectivity index (χ1) is 15.9. The van der Waals surface area contributed by atoms with Gasteiger partial charge in [-0.2, -0.15) is 17.5 Å². The minimum absolute atomic E-state index is 0.134. The number of carbonyl (C=O) groups is 3. The average Bonchev–Trinajstić information content (AvgIpc) is 3.14. The summed E-state index contributed by atoms with van der Waals surface area (Å²) in [5.41, 5.74) is 9.42. The molecule has 1 aromatic heterocycles. The quantitative estimate of drug-likeness (QED) is 0.457. The summed E-state index contributed by atoms with van der Waals surface area (Å²) in [5.74, 6) is -1.99. The fourth-order valence-electron chi connectivity index (χ4n) is 3.26. The number of benzene rings is 1. The van der Waals surface area contributed by atoms with Crippen LogP contribution in [0.5, 0.6) is 0 Å². The maximum absolute atomic E-state index is 13.6. The number of hydrogen-bond donors (Lipinski definition) is 3. The number of nitrogens with one attached hydrogen (secondary N) is 1. The topological polar surface area (TPSA) is 131 Å². The Morgan fingerprint density at radius 3 is 2.41 bits per heavy atom. The van der Waals surface area contributed by atoms with Gasteiger partial charge in [-0.3, -0.25) is 19.3 Å². The summed E-state index contributed by atoms with van der Waals surface area (Å²) >= 11 is 0.593. The molecule has 12 heteroatoms. The van der Waals surface area contributed by atoms with Gasteiger partial charge in [-0.15, -0.1) is 0 Å². The van der Waals surface area contributed by atoms with Gasteiger partial charge in [-0.25, -0.2) is 0 Å². The molecule has 0 fully saturated rings. The molecule has 1 aromatic carbocycles. The van der Waals surface area contributed by atoms with Crippen molar-refractivity contribution >= 4 is 40.6 Å². The monoisotopic (exact) mass is 499 g/mol. The number of nitrogen functional groups attached to an aromatic ring is 1. The van der Waals surface area contributed by atoms with E-state index in [1.807, 2.05) is 13.8 Å². The summed E-state index contributed by atoms with van der Waals surface area (Å²) in [4.78, 5) is 39.0. The van der Waals surface area contributed by atoms with Crippen LogP contribution in [-0.2, 0) is 11.0 Å². The highest BCUT2D eigenvalue weighted by molar-refractivity contribution is 7.09. The normalized spacial score (nSPS) is 12.4. The Kier molecular flexibility index (Phi) is 9.02. The van der Waals surface area contributed by atoms with Crippen LogP contribution in [0.15, 0.2) is 24.3 Å². The molecule has 0 aliphatic heterocycles. The fourth-order valence-corrected chi connectivity index (χ4v) is 4.00. The molecule has 5 N–H and O–H groups in total. The molecular weight excluding hydrogens is 471 g/mol. The van der Waals surface area contributed by atoms with Crippen LogP contribution >= 0.6 is 11.5 Å². The van der Waals surface area contributed by atoms with Crippen LogP contribution < -0.4 is 21.7 Å². The van der Waals surface area contributed by atoms with Crippen molar-refractivity contribution in [3.63, 3.8) is 0 Å². The van der Waals surface area contributed by atoms with Crippen molar-refractivity contribution in [3.05, 3.63) is 40.4 Å². The van der Waals surface area contributed by atoms with Gasteiger partial charge in [-0.05, 0) is 48.5 Å². The van der Waals surface area contributed by atoms with Crippen molar-refractivity contribution in [2.45, 2.75) is 52.3 Å². The second-order valence-corrected chi connectivity index (χ2v) is 8.91. The Balaban J connectivity index is 2.59. The zero-order chi connectivity index (χ0) is 25.6. The van der Waals surface area contributed by atoms with Crippen LogP contribution in [0.25, 0.3) is 0 Å². The molecule has 0 bridgehead atoms. The molecule has 1 unspecified atom stereocenters. The number of hydrogen-bond acceptors (Lipinski definition) is 6. The predicted octanol–water partition coefficient (Wildman–Crippen LogP) is 3.82. The summed E-state index contributed by atoms with van der Waals surface area (Å²) in [7, 11) is 0. The van der Waals surface area contributed by atoms with Gasteiger partial charge in [0.25, 0.3) is 11.8 Å². The van der Waals surface area contributed by atoms with Crippen molar-refractivity contribution in [1.82, 2.24) is 9.69 Å². The van der Waals surface area contributed by atoms with Crippen molar-refractivity contribution in [2.75, 3.05) is 17.2 Å². The first kappa shape index (κ1) is 27.1.